The van der Waals surface area contributed by atoms with E-state index < -0.39 is 0 Å². The Morgan fingerprint density at radius 2 is 2.47 bits per heavy atom. The molecule has 1 aromatic rings. The molecular weight excluding hydrogens is 202 g/mol. The third kappa shape index (κ3) is 1.66. The second-order valence-corrected chi connectivity index (χ2v) is 5.75. The van der Waals surface area contributed by atoms with Gasteiger partial charge in [-0.3, -0.25) is 0 Å². The number of thiophene rings is 1. The summed E-state index contributed by atoms with van der Waals surface area (Å²) in [6, 6.07) is 2.95. The summed E-state index contributed by atoms with van der Waals surface area (Å²) < 4.78 is 0. The molecule has 0 spiro atoms. The third-order valence-electron chi connectivity index (χ3n) is 3.86. The average molecular weight is 219 g/mol. The predicted molar refractivity (Wildman–Crippen MR) is 65.0 cm³/mol. The molecule has 0 saturated heterocycles. The Hall–Kier alpha value is -0.600. The van der Waals surface area contributed by atoms with Gasteiger partial charge >= 0.3 is 0 Å². The predicted octanol–water partition coefficient (Wildman–Crippen LogP) is 3.11. The maximum atomic E-state index is 3.69. The Morgan fingerprint density at radius 3 is 3.20 bits per heavy atom. The Kier molecular flexibility index (Phi) is 2.41. The molecule has 80 valence electrons. The van der Waals surface area contributed by atoms with Crippen LogP contribution in [0.5, 0.6) is 0 Å². The van der Waals surface area contributed by atoms with Gasteiger partial charge in [0.05, 0.1) is 0 Å². The number of hydrogen-bond donors (Lipinski definition) is 1. The van der Waals surface area contributed by atoms with Gasteiger partial charge in [0.15, 0.2) is 0 Å². The first-order valence-corrected chi connectivity index (χ1v) is 6.65. The van der Waals surface area contributed by atoms with Crippen LogP contribution in [0.15, 0.2) is 23.6 Å². The molecule has 1 nitrogen and oxygen atoms in total. The number of allylic oxidation sites excluding steroid dienone is 1. The van der Waals surface area contributed by atoms with E-state index in [2.05, 4.69) is 35.8 Å². The van der Waals surface area contributed by atoms with Crippen LogP contribution in [0.2, 0.25) is 0 Å². The number of fused-ring (bicyclic) bond motifs is 1. The van der Waals surface area contributed by atoms with Gasteiger partial charge in [0, 0.05) is 17.5 Å². The van der Waals surface area contributed by atoms with Crippen molar-refractivity contribution in [3.8, 4) is 0 Å². The molecule has 3 atom stereocenters. The SMILES string of the molecule is Cc1ccsc1CNC1CC2CC=CC21. The molecule has 0 radical (unpaired) electrons. The second kappa shape index (κ2) is 3.76. The van der Waals surface area contributed by atoms with Crippen LogP contribution in [0, 0.1) is 18.8 Å². The van der Waals surface area contributed by atoms with E-state index in [1.54, 1.807) is 0 Å². The Bertz CT molecular complexity index is 380. The van der Waals surface area contributed by atoms with Gasteiger partial charge < -0.3 is 5.32 Å². The lowest BCUT2D eigenvalue weighted by molar-refractivity contribution is 0.162. The van der Waals surface area contributed by atoms with Gasteiger partial charge in [-0.1, -0.05) is 12.2 Å². The summed E-state index contributed by atoms with van der Waals surface area (Å²) in [5, 5.41) is 5.88. The van der Waals surface area contributed by atoms with Crippen molar-refractivity contribution in [1.82, 2.24) is 5.32 Å². The monoisotopic (exact) mass is 219 g/mol. The van der Waals surface area contributed by atoms with Crippen molar-refractivity contribution in [2.75, 3.05) is 0 Å². The van der Waals surface area contributed by atoms with Gasteiger partial charge in [0.2, 0.25) is 0 Å². The molecule has 2 heteroatoms. The molecule has 1 saturated carbocycles. The molecule has 15 heavy (non-hydrogen) atoms. The average Bonchev–Trinajstić information content (AvgIpc) is 2.75. The molecule has 1 aromatic heterocycles. The van der Waals surface area contributed by atoms with Crippen LogP contribution in [0.3, 0.4) is 0 Å². The van der Waals surface area contributed by atoms with Crippen molar-refractivity contribution >= 4 is 11.3 Å². The molecule has 1 heterocycles. The molecule has 1 fully saturated rings. The van der Waals surface area contributed by atoms with Gasteiger partial charge in [-0.15, -0.1) is 11.3 Å². The van der Waals surface area contributed by atoms with E-state index >= 15 is 0 Å². The molecule has 2 aliphatic rings. The summed E-state index contributed by atoms with van der Waals surface area (Å²) in [6.07, 6.45) is 7.46. The van der Waals surface area contributed by atoms with E-state index in [0.717, 1.165) is 24.4 Å². The van der Waals surface area contributed by atoms with Crippen molar-refractivity contribution in [3.63, 3.8) is 0 Å². The van der Waals surface area contributed by atoms with Crippen molar-refractivity contribution in [1.29, 1.82) is 0 Å². The lowest BCUT2D eigenvalue weighted by Gasteiger charge is -2.40. The number of aryl methyl sites for hydroxylation is 1. The van der Waals surface area contributed by atoms with Gasteiger partial charge in [-0.05, 0) is 48.6 Å². The first-order chi connectivity index (χ1) is 7.34. The molecule has 0 amide bonds. The minimum Gasteiger partial charge on any atom is -0.308 e. The maximum absolute atomic E-state index is 3.69. The van der Waals surface area contributed by atoms with E-state index in [-0.39, 0.29) is 0 Å². The number of rotatable bonds is 3. The highest BCUT2D eigenvalue weighted by atomic mass is 32.1. The molecule has 0 bridgehead atoms. The summed E-state index contributed by atoms with van der Waals surface area (Å²) >= 11 is 1.87. The summed E-state index contributed by atoms with van der Waals surface area (Å²) in [5.41, 5.74) is 1.44. The highest BCUT2D eigenvalue weighted by molar-refractivity contribution is 7.10. The van der Waals surface area contributed by atoms with Crippen LogP contribution in [0.4, 0.5) is 0 Å². The molecule has 1 N–H and O–H groups in total. The summed E-state index contributed by atoms with van der Waals surface area (Å²) in [7, 11) is 0. The zero-order chi connectivity index (χ0) is 10.3. The minimum atomic E-state index is 0.746. The van der Waals surface area contributed by atoms with Crippen LogP contribution < -0.4 is 5.32 Å². The Labute approximate surface area is 95.2 Å². The smallest absolute Gasteiger partial charge is 0.0305 e. The highest BCUT2D eigenvalue weighted by Crippen LogP contribution is 2.42. The fourth-order valence-corrected chi connectivity index (χ4v) is 3.61. The van der Waals surface area contributed by atoms with Crippen LogP contribution in [-0.2, 0) is 6.54 Å². The van der Waals surface area contributed by atoms with E-state index in [4.69, 9.17) is 0 Å². The van der Waals surface area contributed by atoms with E-state index in [1.807, 2.05) is 11.3 Å². The summed E-state index contributed by atoms with van der Waals surface area (Å²) in [6.45, 7) is 3.26. The van der Waals surface area contributed by atoms with Gasteiger partial charge in [0.25, 0.3) is 0 Å². The standard InChI is InChI=1S/C13H17NS/c1-9-5-6-15-13(9)8-14-12-7-10-3-2-4-11(10)12/h2,4-6,10-12,14H,3,7-8H2,1H3. The molecular formula is C13H17NS. The topological polar surface area (TPSA) is 12.0 Å². The quantitative estimate of drug-likeness (QED) is 0.770. The fourth-order valence-electron chi connectivity index (χ4n) is 2.76. The molecule has 3 unspecified atom stereocenters. The van der Waals surface area contributed by atoms with E-state index in [1.165, 1.54) is 23.3 Å². The zero-order valence-electron chi connectivity index (χ0n) is 9.07. The third-order valence-corrected chi connectivity index (χ3v) is 4.88. The zero-order valence-corrected chi connectivity index (χ0v) is 9.89. The van der Waals surface area contributed by atoms with E-state index in [0.29, 0.717) is 0 Å². The molecule has 3 rings (SSSR count). The minimum absolute atomic E-state index is 0.746. The first-order valence-electron chi connectivity index (χ1n) is 5.77. The van der Waals surface area contributed by atoms with Gasteiger partial charge in [-0.2, -0.15) is 0 Å². The van der Waals surface area contributed by atoms with Crippen LogP contribution in [0.25, 0.3) is 0 Å². The maximum Gasteiger partial charge on any atom is 0.0305 e. The Morgan fingerprint density at radius 1 is 1.53 bits per heavy atom. The van der Waals surface area contributed by atoms with Crippen molar-refractivity contribution in [2.45, 2.75) is 32.4 Å². The van der Waals surface area contributed by atoms with Gasteiger partial charge in [0.1, 0.15) is 0 Å². The Balaban J connectivity index is 1.55. The van der Waals surface area contributed by atoms with Crippen LogP contribution in [0.1, 0.15) is 23.3 Å². The summed E-state index contributed by atoms with van der Waals surface area (Å²) in [4.78, 5) is 1.50. The highest BCUT2D eigenvalue weighted by Gasteiger charge is 2.40. The first kappa shape index (κ1) is 9.61. The fraction of sp³-hybridized carbons (Fsp3) is 0.538. The molecule has 0 aromatic carbocycles. The lowest BCUT2D eigenvalue weighted by Crippen LogP contribution is -2.47. The van der Waals surface area contributed by atoms with Crippen LogP contribution >= 0.6 is 11.3 Å². The normalized spacial score (nSPS) is 32.7. The van der Waals surface area contributed by atoms with Gasteiger partial charge in [-0.25, -0.2) is 0 Å². The van der Waals surface area contributed by atoms with Crippen molar-refractivity contribution in [3.05, 3.63) is 34.0 Å². The lowest BCUT2D eigenvalue weighted by atomic mass is 9.71. The molecule has 2 aliphatic carbocycles. The van der Waals surface area contributed by atoms with Crippen LogP contribution in [-0.4, -0.2) is 6.04 Å². The van der Waals surface area contributed by atoms with E-state index in [9.17, 15) is 0 Å². The number of nitrogens with one attached hydrogen (secondary N) is 1. The van der Waals surface area contributed by atoms with Crippen molar-refractivity contribution < 1.29 is 0 Å². The number of hydrogen-bond acceptors (Lipinski definition) is 2. The second-order valence-electron chi connectivity index (χ2n) is 4.75. The van der Waals surface area contributed by atoms with Crippen molar-refractivity contribution in [2.24, 2.45) is 11.8 Å². The summed E-state index contributed by atoms with van der Waals surface area (Å²) in [5.74, 6) is 1.80. The largest absolute Gasteiger partial charge is 0.308 e. The molecule has 0 aliphatic heterocycles.